The number of likely N-dealkylation sites (tertiary alicyclic amines) is 1. The second-order valence-electron chi connectivity index (χ2n) is 8.80. The summed E-state index contributed by atoms with van der Waals surface area (Å²) in [7, 11) is -1.38. The monoisotopic (exact) mass is 487 g/mol. The molecule has 2 heterocycles. The van der Waals surface area contributed by atoms with Crippen LogP contribution in [0.15, 0.2) is 69.3 Å². The van der Waals surface area contributed by atoms with Gasteiger partial charge in [0.1, 0.15) is 11.7 Å². The molecule has 10 heteroatoms. The Morgan fingerprint density at radius 3 is 2.62 bits per heavy atom. The lowest BCUT2D eigenvalue weighted by atomic mass is 9.91. The Hall–Kier alpha value is -2.95. The van der Waals surface area contributed by atoms with Crippen molar-refractivity contribution in [3.8, 4) is 0 Å². The number of aliphatic hydroxyl groups is 1. The number of hydrogen-bond donors (Lipinski definition) is 4. The Morgan fingerprint density at radius 1 is 1.29 bits per heavy atom. The number of amidine groups is 1. The summed E-state index contributed by atoms with van der Waals surface area (Å²) in [5.74, 6) is 0.0226. The fourth-order valence-electron chi connectivity index (χ4n) is 3.80. The molecular formula is C24H33N5O4S. The summed E-state index contributed by atoms with van der Waals surface area (Å²) in [6.45, 7) is 3.91. The van der Waals surface area contributed by atoms with Crippen LogP contribution < -0.4 is 16.4 Å². The van der Waals surface area contributed by atoms with E-state index in [-0.39, 0.29) is 16.3 Å². The van der Waals surface area contributed by atoms with Crippen molar-refractivity contribution in [1.82, 2.24) is 10.2 Å². The fourth-order valence-corrected chi connectivity index (χ4v) is 4.46. The van der Waals surface area contributed by atoms with Crippen molar-refractivity contribution < 1.29 is 18.3 Å². The minimum atomic E-state index is -3.41. The summed E-state index contributed by atoms with van der Waals surface area (Å²) in [6, 6.07) is 6.27. The Morgan fingerprint density at radius 2 is 2.00 bits per heavy atom. The second kappa shape index (κ2) is 10.5. The average molecular weight is 488 g/mol. The quantitative estimate of drug-likeness (QED) is 0.458. The zero-order chi connectivity index (χ0) is 24.9. The molecule has 1 aromatic rings. The van der Waals surface area contributed by atoms with Crippen molar-refractivity contribution in [2.24, 2.45) is 10.7 Å². The summed E-state index contributed by atoms with van der Waals surface area (Å²) in [6.07, 6.45) is 8.24. The highest BCUT2D eigenvalue weighted by Gasteiger charge is 2.31. The van der Waals surface area contributed by atoms with Gasteiger partial charge in [0.15, 0.2) is 9.84 Å². The Kier molecular flexibility index (Phi) is 7.96. The minimum absolute atomic E-state index is 0.140. The van der Waals surface area contributed by atoms with Gasteiger partial charge in [-0.1, -0.05) is 25.1 Å². The highest BCUT2D eigenvalue weighted by molar-refractivity contribution is 7.90. The van der Waals surface area contributed by atoms with Gasteiger partial charge < -0.3 is 26.4 Å². The summed E-state index contributed by atoms with van der Waals surface area (Å²) in [4.78, 5) is 19.2. The number of aliphatic imine (C=N–C) groups is 1. The number of carbonyl (C=O) groups is 1. The fraction of sp³-hybridized carbons (Fsp3) is 0.417. The van der Waals surface area contributed by atoms with E-state index in [0.717, 1.165) is 24.9 Å². The summed E-state index contributed by atoms with van der Waals surface area (Å²) >= 11 is 0. The van der Waals surface area contributed by atoms with Crippen LogP contribution in [-0.4, -0.2) is 68.7 Å². The van der Waals surface area contributed by atoms with Crippen LogP contribution in [0.3, 0.4) is 0 Å². The first-order valence-electron chi connectivity index (χ1n) is 11.2. The van der Waals surface area contributed by atoms with Crippen molar-refractivity contribution in [3.05, 3.63) is 59.5 Å². The van der Waals surface area contributed by atoms with Gasteiger partial charge in [-0.25, -0.2) is 13.4 Å². The molecule has 0 unspecified atom stereocenters. The molecule has 0 radical (unpaired) electrons. The Labute approximate surface area is 201 Å². The lowest BCUT2D eigenvalue weighted by molar-refractivity contribution is -0.114. The van der Waals surface area contributed by atoms with E-state index in [2.05, 4.69) is 15.5 Å². The van der Waals surface area contributed by atoms with Crippen LogP contribution in [0, 0.1) is 0 Å². The number of rotatable bonds is 7. The molecule has 0 aliphatic carbocycles. The van der Waals surface area contributed by atoms with E-state index in [4.69, 9.17) is 10.7 Å². The molecule has 0 spiro atoms. The van der Waals surface area contributed by atoms with Gasteiger partial charge >= 0.3 is 0 Å². The maximum atomic E-state index is 12.2. The molecule has 184 valence electrons. The lowest BCUT2D eigenvalue weighted by Gasteiger charge is -2.37. The first-order valence-corrected chi connectivity index (χ1v) is 13.1. The molecule has 1 aromatic carbocycles. The van der Waals surface area contributed by atoms with Gasteiger partial charge in [0, 0.05) is 31.6 Å². The number of allylic oxidation sites excluding steroid dienone is 4. The molecule has 0 saturated carbocycles. The molecule has 2 aliphatic rings. The third-order valence-corrected chi connectivity index (χ3v) is 7.13. The molecule has 34 heavy (non-hydrogen) atoms. The number of sulfone groups is 1. The van der Waals surface area contributed by atoms with E-state index in [1.165, 1.54) is 12.1 Å². The summed E-state index contributed by atoms with van der Waals surface area (Å²) in [5, 5.41) is 17.4. The number of primary amides is 1. The molecule has 0 bridgehead atoms. The smallest absolute Gasteiger partial charge is 0.252 e. The highest BCUT2D eigenvalue weighted by Crippen LogP contribution is 2.23. The van der Waals surface area contributed by atoms with Crippen molar-refractivity contribution >= 4 is 27.3 Å². The first-order chi connectivity index (χ1) is 16.0. The molecule has 5 N–H and O–H groups in total. The zero-order valence-electron chi connectivity index (χ0n) is 19.8. The molecule has 9 nitrogen and oxygen atoms in total. The van der Waals surface area contributed by atoms with E-state index < -0.39 is 21.3 Å². The van der Waals surface area contributed by atoms with Crippen LogP contribution in [0.5, 0.6) is 0 Å². The van der Waals surface area contributed by atoms with Gasteiger partial charge in [0.2, 0.25) is 0 Å². The minimum Gasteiger partial charge on any atom is -0.388 e. The maximum absolute atomic E-state index is 12.2. The van der Waals surface area contributed by atoms with Gasteiger partial charge in [-0.15, -0.1) is 0 Å². The van der Waals surface area contributed by atoms with Crippen LogP contribution in [0.25, 0.3) is 0 Å². The van der Waals surface area contributed by atoms with Gasteiger partial charge in [0.05, 0.1) is 16.1 Å². The van der Waals surface area contributed by atoms with E-state index in [1.807, 2.05) is 20.0 Å². The number of hydrogen-bond acceptors (Lipinski definition) is 8. The predicted molar refractivity (Wildman–Crippen MR) is 134 cm³/mol. The third kappa shape index (κ3) is 6.55. The number of nitrogens with zero attached hydrogens (tertiary/aromatic N) is 2. The van der Waals surface area contributed by atoms with Crippen LogP contribution >= 0.6 is 0 Å². The summed E-state index contributed by atoms with van der Waals surface area (Å²) < 4.78 is 23.9. The van der Waals surface area contributed by atoms with Crippen LogP contribution in [0.2, 0.25) is 0 Å². The third-order valence-electron chi connectivity index (χ3n) is 6.02. The Balaban J connectivity index is 1.96. The van der Waals surface area contributed by atoms with Crippen LogP contribution in [-0.2, 0) is 14.6 Å². The largest absolute Gasteiger partial charge is 0.388 e. The molecule has 1 saturated heterocycles. The number of amides is 1. The normalized spacial score (nSPS) is 25.2. The zero-order valence-corrected chi connectivity index (χ0v) is 20.7. The number of carbonyl (C=O) groups excluding carboxylic acids is 1. The molecule has 1 amide bonds. The van der Waals surface area contributed by atoms with E-state index in [1.54, 1.807) is 24.3 Å². The molecule has 3 rings (SSSR count). The van der Waals surface area contributed by atoms with Gasteiger partial charge in [0.25, 0.3) is 5.91 Å². The highest BCUT2D eigenvalue weighted by atomic mass is 32.2. The number of nitrogens with two attached hydrogens (primary N) is 1. The van der Waals surface area contributed by atoms with E-state index in [9.17, 15) is 18.3 Å². The molecule has 1 fully saturated rings. The number of piperidine rings is 1. The van der Waals surface area contributed by atoms with Crippen molar-refractivity contribution in [2.75, 3.05) is 38.3 Å². The molecule has 2 aliphatic heterocycles. The van der Waals surface area contributed by atoms with Crippen molar-refractivity contribution in [3.63, 3.8) is 0 Å². The second-order valence-corrected chi connectivity index (χ2v) is 10.8. The predicted octanol–water partition coefficient (Wildman–Crippen LogP) is 1.55. The van der Waals surface area contributed by atoms with Crippen LogP contribution in [0.1, 0.15) is 26.2 Å². The topological polar surface area (TPSA) is 137 Å². The van der Waals surface area contributed by atoms with Crippen molar-refractivity contribution in [1.29, 1.82) is 0 Å². The van der Waals surface area contributed by atoms with Gasteiger partial charge in [-0.2, -0.15) is 0 Å². The molecule has 0 atom stereocenters. The molecule has 0 aromatic heterocycles. The first kappa shape index (κ1) is 25.7. The number of anilines is 1. The van der Waals surface area contributed by atoms with Crippen LogP contribution in [0.4, 0.5) is 5.69 Å². The maximum Gasteiger partial charge on any atom is 0.252 e. The van der Waals surface area contributed by atoms with E-state index in [0.29, 0.717) is 37.3 Å². The SMILES string of the molecule is CCC1=C(NCC2(O)CCN(C)CC2)/N=C(Nc2cccc(S(C)(=O)=O)c2)\C(C(N)=O)=C\C=C\1. The Bertz CT molecular complexity index is 1160. The average Bonchev–Trinajstić information content (AvgIpc) is 2.76. The number of nitrogens with one attached hydrogen (secondary N) is 2. The van der Waals surface area contributed by atoms with E-state index >= 15 is 0 Å². The standard InChI is InChI=1S/C24H33N5O4S/c1-4-17-7-5-10-20(21(25)30)23(27-18-8-6-9-19(15-18)34(3,32)33)28-22(17)26-16-24(31)11-13-29(2)14-12-24/h5-10,15,31H,4,11-14,16H2,1-3H3,(H2,25,30)(H2,26,27,28). The van der Waals surface area contributed by atoms with Crippen molar-refractivity contribution in [2.45, 2.75) is 36.7 Å². The number of benzene rings is 1. The lowest BCUT2D eigenvalue weighted by Crippen LogP contribution is -2.48. The van der Waals surface area contributed by atoms with Gasteiger partial charge in [-0.05, 0) is 56.2 Å². The van der Waals surface area contributed by atoms with Gasteiger partial charge in [-0.3, -0.25) is 4.79 Å². The summed E-state index contributed by atoms with van der Waals surface area (Å²) in [5.41, 5.74) is 6.25. The molecular weight excluding hydrogens is 454 g/mol.